The lowest BCUT2D eigenvalue weighted by Gasteiger charge is -1.98. The molecule has 0 saturated carbocycles. The molecule has 2 aromatic heterocycles. The number of imidazole rings is 1. The molecule has 0 fully saturated rings. The van der Waals surface area contributed by atoms with E-state index < -0.39 is 0 Å². The quantitative estimate of drug-likeness (QED) is 0.562. The highest BCUT2D eigenvalue weighted by Gasteiger charge is 2.06. The minimum Gasteiger partial charge on any atom is -0.382 e. The van der Waals surface area contributed by atoms with Crippen LogP contribution in [0.3, 0.4) is 0 Å². The van der Waals surface area contributed by atoms with E-state index in [4.69, 9.17) is 5.73 Å². The highest BCUT2D eigenvalue weighted by Crippen LogP contribution is 2.15. The first-order valence-electron chi connectivity index (χ1n) is 4.51. The van der Waals surface area contributed by atoms with Crippen molar-refractivity contribution in [3.8, 4) is 0 Å². The molecule has 5 heteroatoms. The monoisotopic (exact) mass is 200 g/mol. The van der Waals surface area contributed by atoms with Gasteiger partial charge in [-0.25, -0.2) is 14.2 Å². The molecule has 74 valence electrons. The van der Waals surface area contributed by atoms with Crippen LogP contribution in [0.25, 0.3) is 16.6 Å². The summed E-state index contributed by atoms with van der Waals surface area (Å²) in [6, 6.07) is 7.49. The predicted octanol–water partition coefficient (Wildman–Crippen LogP) is 0.758. The Balaban J connectivity index is 2.69. The van der Waals surface area contributed by atoms with Crippen LogP contribution in [0, 0.1) is 0 Å². The van der Waals surface area contributed by atoms with E-state index in [1.54, 1.807) is 0 Å². The Morgan fingerprint density at radius 1 is 1.33 bits per heavy atom. The third-order valence-corrected chi connectivity index (χ3v) is 2.35. The number of hydrogen-bond acceptors (Lipinski definition) is 3. The Hall–Kier alpha value is -2.30. The number of nitrogens with zero attached hydrogens (tertiary/aromatic N) is 2. The number of nitrogens with one attached hydrogen (secondary N) is 1. The maximum Gasteiger partial charge on any atom is 0.331 e. The Morgan fingerprint density at radius 2 is 2.13 bits per heavy atom. The molecule has 0 aliphatic rings. The van der Waals surface area contributed by atoms with Crippen LogP contribution in [0.5, 0.6) is 0 Å². The Bertz CT molecular complexity index is 710. The molecule has 3 aromatic rings. The number of anilines is 1. The van der Waals surface area contributed by atoms with Gasteiger partial charge in [0.2, 0.25) is 0 Å². The molecule has 0 spiro atoms. The molecule has 0 aliphatic heterocycles. The van der Waals surface area contributed by atoms with Crippen LogP contribution in [0.4, 0.5) is 5.82 Å². The van der Waals surface area contributed by atoms with Crippen LogP contribution in [0.2, 0.25) is 0 Å². The average molecular weight is 200 g/mol. The molecule has 0 aliphatic carbocycles. The van der Waals surface area contributed by atoms with E-state index in [0.717, 1.165) is 10.9 Å². The van der Waals surface area contributed by atoms with Crippen molar-refractivity contribution in [3.63, 3.8) is 0 Å². The van der Waals surface area contributed by atoms with Crippen molar-refractivity contribution in [2.45, 2.75) is 0 Å². The first kappa shape index (κ1) is 8.05. The molecular weight excluding hydrogens is 192 g/mol. The molecule has 15 heavy (non-hydrogen) atoms. The van der Waals surface area contributed by atoms with E-state index in [1.807, 2.05) is 24.3 Å². The van der Waals surface area contributed by atoms with E-state index in [1.165, 1.54) is 10.6 Å². The summed E-state index contributed by atoms with van der Waals surface area (Å²) in [6.07, 6.45) is 1.51. The van der Waals surface area contributed by atoms with Gasteiger partial charge in [-0.3, -0.25) is 0 Å². The van der Waals surface area contributed by atoms with Crippen molar-refractivity contribution in [1.82, 2.24) is 14.4 Å². The minimum absolute atomic E-state index is 0.229. The molecular formula is C10H8N4O. The lowest BCUT2D eigenvalue weighted by atomic mass is 10.2. The number of aromatic amines is 1. The molecule has 0 atom stereocenters. The second-order valence-electron chi connectivity index (χ2n) is 3.34. The molecule has 1 aromatic carbocycles. The van der Waals surface area contributed by atoms with Gasteiger partial charge in [0.15, 0.2) is 5.65 Å². The molecule has 0 unspecified atom stereocenters. The summed E-state index contributed by atoms with van der Waals surface area (Å²) in [4.78, 5) is 18.5. The van der Waals surface area contributed by atoms with E-state index in [0.29, 0.717) is 11.5 Å². The zero-order valence-corrected chi connectivity index (χ0v) is 7.77. The van der Waals surface area contributed by atoms with Crippen LogP contribution in [0.1, 0.15) is 0 Å². The summed E-state index contributed by atoms with van der Waals surface area (Å²) in [5, 5.41) is 0.883. The second-order valence-corrected chi connectivity index (χ2v) is 3.34. The van der Waals surface area contributed by atoms with Crippen LogP contribution in [-0.4, -0.2) is 14.4 Å². The Morgan fingerprint density at radius 3 is 3.00 bits per heavy atom. The van der Waals surface area contributed by atoms with Gasteiger partial charge in [-0.05, 0) is 12.1 Å². The van der Waals surface area contributed by atoms with Gasteiger partial charge in [0.1, 0.15) is 5.82 Å². The number of nitrogen functional groups attached to an aromatic ring is 1. The topological polar surface area (TPSA) is 76.2 Å². The summed E-state index contributed by atoms with van der Waals surface area (Å²) in [5.74, 6) is 0.344. The standard InChI is InChI=1S/C10H8N4O/c11-8-5-14-9(13-8)6-3-1-2-4-7(6)12-10(14)15/h1-5H,11H2,(H,12,15). The molecule has 0 amide bonds. The normalized spacial score (nSPS) is 11.2. The van der Waals surface area contributed by atoms with Gasteiger partial charge in [-0.1, -0.05) is 12.1 Å². The second kappa shape index (κ2) is 2.60. The van der Waals surface area contributed by atoms with Gasteiger partial charge < -0.3 is 10.7 Å². The van der Waals surface area contributed by atoms with E-state index in [9.17, 15) is 4.79 Å². The third kappa shape index (κ3) is 1.03. The fourth-order valence-electron chi connectivity index (χ4n) is 1.71. The van der Waals surface area contributed by atoms with Gasteiger partial charge in [0.05, 0.1) is 11.7 Å². The fraction of sp³-hybridized carbons (Fsp3) is 0. The summed E-state index contributed by atoms with van der Waals surface area (Å²) in [7, 11) is 0. The summed E-state index contributed by atoms with van der Waals surface area (Å²) in [5.41, 5.74) is 6.69. The van der Waals surface area contributed by atoms with Gasteiger partial charge >= 0.3 is 5.69 Å². The lowest BCUT2D eigenvalue weighted by molar-refractivity contribution is 1.03. The van der Waals surface area contributed by atoms with Gasteiger partial charge in [-0.2, -0.15) is 0 Å². The van der Waals surface area contributed by atoms with Crippen LogP contribution in [-0.2, 0) is 0 Å². The number of rotatable bonds is 0. The van der Waals surface area contributed by atoms with E-state index in [-0.39, 0.29) is 5.69 Å². The maximum atomic E-state index is 11.6. The molecule has 3 N–H and O–H groups in total. The summed E-state index contributed by atoms with van der Waals surface area (Å²) in [6.45, 7) is 0. The maximum absolute atomic E-state index is 11.6. The molecule has 5 nitrogen and oxygen atoms in total. The van der Waals surface area contributed by atoms with Crippen LogP contribution in [0.15, 0.2) is 35.3 Å². The highest BCUT2D eigenvalue weighted by molar-refractivity contribution is 5.91. The molecule has 2 heterocycles. The van der Waals surface area contributed by atoms with Gasteiger partial charge in [-0.15, -0.1) is 0 Å². The summed E-state index contributed by atoms with van der Waals surface area (Å²) < 4.78 is 1.41. The minimum atomic E-state index is -0.229. The number of para-hydroxylation sites is 1. The number of H-pyrrole nitrogens is 1. The first-order valence-corrected chi connectivity index (χ1v) is 4.51. The van der Waals surface area contributed by atoms with Crippen molar-refractivity contribution >= 4 is 22.4 Å². The van der Waals surface area contributed by atoms with Crippen LogP contribution >= 0.6 is 0 Å². The number of hydrogen-bond donors (Lipinski definition) is 2. The van der Waals surface area contributed by atoms with E-state index >= 15 is 0 Å². The molecule has 3 rings (SSSR count). The smallest absolute Gasteiger partial charge is 0.331 e. The zero-order valence-electron chi connectivity index (χ0n) is 7.77. The largest absolute Gasteiger partial charge is 0.382 e. The molecule has 0 saturated heterocycles. The van der Waals surface area contributed by atoms with E-state index in [2.05, 4.69) is 9.97 Å². The highest BCUT2D eigenvalue weighted by atomic mass is 16.1. The van der Waals surface area contributed by atoms with Crippen molar-refractivity contribution < 1.29 is 0 Å². The van der Waals surface area contributed by atoms with Crippen LogP contribution < -0.4 is 11.4 Å². The Kier molecular flexibility index (Phi) is 1.39. The number of fused-ring (bicyclic) bond motifs is 3. The number of aromatic nitrogens is 3. The first-order chi connectivity index (χ1) is 7.25. The number of benzene rings is 1. The predicted molar refractivity (Wildman–Crippen MR) is 57.7 cm³/mol. The SMILES string of the molecule is Nc1cn2c(=O)[nH]c3ccccc3c2n1. The van der Waals surface area contributed by atoms with Gasteiger partial charge in [0.25, 0.3) is 0 Å². The fourth-order valence-corrected chi connectivity index (χ4v) is 1.71. The summed E-state index contributed by atoms with van der Waals surface area (Å²) >= 11 is 0. The zero-order chi connectivity index (χ0) is 10.4. The number of nitrogens with two attached hydrogens (primary N) is 1. The molecule has 0 bridgehead atoms. The van der Waals surface area contributed by atoms with Gasteiger partial charge in [0, 0.05) is 5.39 Å². The van der Waals surface area contributed by atoms with Crippen molar-refractivity contribution in [1.29, 1.82) is 0 Å². The molecule has 0 radical (unpaired) electrons. The Labute approximate surface area is 84.2 Å². The average Bonchev–Trinajstić information content (AvgIpc) is 2.61. The lowest BCUT2D eigenvalue weighted by Crippen LogP contribution is -2.15. The van der Waals surface area contributed by atoms with Crippen molar-refractivity contribution in [2.75, 3.05) is 5.73 Å². The third-order valence-electron chi connectivity index (χ3n) is 2.35. The van der Waals surface area contributed by atoms with Crippen molar-refractivity contribution in [2.24, 2.45) is 0 Å². The van der Waals surface area contributed by atoms with Crippen molar-refractivity contribution in [3.05, 3.63) is 40.9 Å².